The summed E-state index contributed by atoms with van der Waals surface area (Å²) in [6, 6.07) is 39.5. The fourth-order valence-corrected chi connectivity index (χ4v) is 6.05. The van der Waals surface area contributed by atoms with E-state index in [-0.39, 0.29) is 5.91 Å². The summed E-state index contributed by atoms with van der Waals surface area (Å²) < 4.78 is 0. The van der Waals surface area contributed by atoms with Gasteiger partial charge >= 0.3 is 5.97 Å². The van der Waals surface area contributed by atoms with Crippen molar-refractivity contribution in [1.82, 2.24) is 14.7 Å². The molecule has 196 valence electrons. The Morgan fingerprint density at radius 2 is 1.13 bits per heavy atom. The van der Waals surface area contributed by atoms with E-state index in [1.165, 1.54) is 0 Å². The van der Waals surface area contributed by atoms with Crippen LogP contribution in [0.25, 0.3) is 0 Å². The van der Waals surface area contributed by atoms with Gasteiger partial charge in [-0.05, 0) is 22.3 Å². The first kappa shape index (κ1) is 25.0. The number of carboxylic acids is 1. The molecule has 0 spiro atoms. The average molecular weight is 518 g/mol. The molecule has 6 heteroatoms. The monoisotopic (exact) mass is 517 g/mol. The van der Waals surface area contributed by atoms with Crippen LogP contribution in [0, 0.1) is 0 Å². The molecule has 0 aliphatic carbocycles. The van der Waals surface area contributed by atoms with Crippen molar-refractivity contribution in [2.24, 2.45) is 0 Å². The average Bonchev–Trinajstić information content (AvgIpc) is 3.67. The van der Waals surface area contributed by atoms with E-state index in [2.05, 4.69) is 41.3 Å². The van der Waals surface area contributed by atoms with E-state index in [9.17, 15) is 14.7 Å². The van der Waals surface area contributed by atoms with Crippen LogP contribution in [0.4, 0.5) is 0 Å². The first-order chi connectivity index (χ1) is 19.1. The summed E-state index contributed by atoms with van der Waals surface area (Å²) in [7, 11) is 0. The van der Waals surface area contributed by atoms with Crippen LogP contribution in [0.2, 0.25) is 0 Å². The fraction of sp³-hybridized carbons (Fsp3) is 0.212. The smallest absolute Gasteiger partial charge is 0.327 e. The van der Waals surface area contributed by atoms with Gasteiger partial charge < -0.3 is 10.0 Å². The number of carbonyl (C=O) groups excluding carboxylic acids is 1. The van der Waals surface area contributed by atoms with Gasteiger partial charge in [-0.25, -0.2) is 4.79 Å². The maximum absolute atomic E-state index is 14.1. The lowest BCUT2D eigenvalue weighted by Crippen LogP contribution is -2.47. The lowest BCUT2D eigenvalue weighted by atomic mass is 9.76. The van der Waals surface area contributed by atoms with Gasteiger partial charge in [-0.2, -0.15) is 0 Å². The van der Waals surface area contributed by atoms with Gasteiger partial charge in [0.05, 0.1) is 12.2 Å². The van der Waals surface area contributed by atoms with Crippen molar-refractivity contribution in [2.45, 2.75) is 24.2 Å². The summed E-state index contributed by atoms with van der Waals surface area (Å²) in [5.41, 5.74) is 3.62. The minimum atomic E-state index is -0.966. The highest BCUT2D eigenvalue weighted by Crippen LogP contribution is 2.48. The first-order valence-corrected chi connectivity index (χ1v) is 13.3. The second-order valence-corrected chi connectivity index (χ2v) is 10.3. The molecule has 39 heavy (non-hydrogen) atoms. The number of hydrogen-bond donors (Lipinski definition) is 1. The van der Waals surface area contributed by atoms with E-state index in [1.54, 1.807) is 4.90 Å². The zero-order valence-corrected chi connectivity index (χ0v) is 21.6. The highest BCUT2D eigenvalue weighted by molar-refractivity contribution is 5.90. The van der Waals surface area contributed by atoms with Crippen molar-refractivity contribution in [2.75, 3.05) is 19.8 Å². The van der Waals surface area contributed by atoms with Crippen LogP contribution in [0.1, 0.15) is 22.3 Å². The third-order valence-corrected chi connectivity index (χ3v) is 7.88. The summed E-state index contributed by atoms with van der Waals surface area (Å²) in [6.45, 7) is 1.75. The van der Waals surface area contributed by atoms with Gasteiger partial charge in [-0.1, -0.05) is 121 Å². The molecule has 2 heterocycles. The number of nitrogens with zero attached hydrogens (tertiary/aromatic N) is 3. The third kappa shape index (κ3) is 4.62. The zero-order valence-electron chi connectivity index (χ0n) is 21.6. The Hall–Kier alpha value is -4.26. The van der Waals surface area contributed by atoms with Crippen molar-refractivity contribution >= 4 is 11.9 Å². The maximum atomic E-state index is 14.1. The van der Waals surface area contributed by atoms with Gasteiger partial charge in [0.15, 0.2) is 0 Å². The molecular weight excluding hydrogens is 486 g/mol. The van der Waals surface area contributed by atoms with E-state index in [0.29, 0.717) is 26.3 Å². The molecule has 0 saturated carbocycles. The molecule has 2 saturated heterocycles. The minimum Gasteiger partial charge on any atom is -0.480 e. The Labute approximate surface area is 228 Å². The Morgan fingerprint density at radius 1 is 0.667 bits per heavy atom. The van der Waals surface area contributed by atoms with Gasteiger partial charge in [0.25, 0.3) is 0 Å². The lowest BCUT2D eigenvalue weighted by Gasteiger charge is -2.38. The molecule has 6 nitrogen and oxygen atoms in total. The number of hydrogen-bond acceptors (Lipinski definition) is 4. The second kappa shape index (κ2) is 10.5. The van der Waals surface area contributed by atoms with E-state index in [1.807, 2.05) is 89.8 Å². The number of benzene rings is 4. The summed E-state index contributed by atoms with van der Waals surface area (Å²) in [5, 5.41) is 10.0. The molecule has 6 rings (SSSR count). The molecule has 0 aromatic heterocycles. The number of aliphatic carboxylic acids is 1. The van der Waals surface area contributed by atoms with Crippen LogP contribution in [0.5, 0.6) is 0 Å². The largest absolute Gasteiger partial charge is 0.480 e. The van der Waals surface area contributed by atoms with Gasteiger partial charge in [-0.15, -0.1) is 0 Å². The molecule has 4 aromatic rings. The van der Waals surface area contributed by atoms with Crippen molar-refractivity contribution in [3.05, 3.63) is 144 Å². The van der Waals surface area contributed by atoms with Crippen molar-refractivity contribution < 1.29 is 14.7 Å². The summed E-state index contributed by atoms with van der Waals surface area (Å²) in [5.74, 6) is -1.10. The number of rotatable bonds is 8. The van der Waals surface area contributed by atoms with Crippen LogP contribution in [-0.2, 0) is 21.7 Å². The van der Waals surface area contributed by atoms with Crippen LogP contribution in [0.15, 0.2) is 121 Å². The van der Waals surface area contributed by atoms with E-state index in [4.69, 9.17) is 0 Å². The number of carboxylic acid groups (broad SMARTS) is 1. The molecule has 3 atom stereocenters. The molecular formula is C33H31N3O3. The number of amides is 1. The topological polar surface area (TPSA) is 63.9 Å². The normalized spacial score (nSPS) is 21.0. The van der Waals surface area contributed by atoms with E-state index in [0.717, 1.165) is 22.3 Å². The van der Waals surface area contributed by atoms with Gasteiger partial charge in [-0.3, -0.25) is 14.6 Å². The molecule has 2 aliphatic rings. The predicted molar refractivity (Wildman–Crippen MR) is 150 cm³/mol. The molecule has 2 fully saturated rings. The van der Waals surface area contributed by atoms with Crippen molar-refractivity contribution in [1.29, 1.82) is 0 Å². The highest BCUT2D eigenvalue weighted by Gasteiger charge is 2.58. The Bertz CT molecular complexity index is 1330. The predicted octanol–water partition coefficient (Wildman–Crippen LogP) is 4.42. The zero-order chi connectivity index (χ0) is 26.8. The standard InChI is InChI=1S/C33H31N3O3/c37-31(35-24-34(22-30(35)32(38)39)21-25-13-5-1-6-14-25)29-23-36(29)33(26-15-7-2-8-16-26,27-17-9-3-10-18-27)28-19-11-4-12-20-28/h1-20,29-30H,21-24H2,(H,38,39). The van der Waals surface area contributed by atoms with Crippen LogP contribution in [0.3, 0.4) is 0 Å². The SMILES string of the molecule is O=C(O)C1CN(Cc2ccccc2)CN1C(=O)C1CN1C(c1ccccc1)(c1ccccc1)c1ccccc1. The Morgan fingerprint density at radius 3 is 1.59 bits per heavy atom. The second-order valence-electron chi connectivity index (χ2n) is 10.3. The maximum Gasteiger partial charge on any atom is 0.327 e. The Kier molecular flexibility index (Phi) is 6.73. The Balaban J connectivity index is 1.35. The van der Waals surface area contributed by atoms with Gasteiger partial charge in [0, 0.05) is 19.6 Å². The molecule has 1 amide bonds. The quantitative estimate of drug-likeness (QED) is 0.277. The summed E-state index contributed by atoms with van der Waals surface area (Å²) in [4.78, 5) is 32.1. The lowest BCUT2D eigenvalue weighted by molar-refractivity contribution is -0.148. The van der Waals surface area contributed by atoms with Gasteiger partial charge in [0.1, 0.15) is 12.1 Å². The van der Waals surface area contributed by atoms with Crippen LogP contribution in [-0.4, -0.2) is 63.5 Å². The third-order valence-electron chi connectivity index (χ3n) is 7.88. The first-order valence-electron chi connectivity index (χ1n) is 13.3. The molecule has 1 N–H and O–H groups in total. The van der Waals surface area contributed by atoms with E-state index >= 15 is 0 Å². The number of carbonyl (C=O) groups is 2. The molecule has 0 bridgehead atoms. The van der Waals surface area contributed by atoms with Crippen LogP contribution < -0.4 is 0 Å². The molecule has 4 aromatic carbocycles. The van der Waals surface area contributed by atoms with Crippen LogP contribution >= 0.6 is 0 Å². The summed E-state index contributed by atoms with van der Waals surface area (Å²) >= 11 is 0. The van der Waals surface area contributed by atoms with Gasteiger partial charge in [0.2, 0.25) is 5.91 Å². The molecule has 2 aliphatic heterocycles. The van der Waals surface area contributed by atoms with Crippen molar-refractivity contribution in [3.63, 3.8) is 0 Å². The van der Waals surface area contributed by atoms with Crippen molar-refractivity contribution in [3.8, 4) is 0 Å². The molecule has 0 radical (unpaired) electrons. The minimum absolute atomic E-state index is 0.134. The van der Waals surface area contributed by atoms with E-state index < -0.39 is 23.6 Å². The molecule has 3 unspecified atom stereocenters. The fourth-order valence-electron chi connectivity index (χ4n) is 6.05. The highest BCUT2D eigenvalue weighted by atomic mass is 16.4. The summed E-state index contributed by atoms with van der Waals surface area (Å²) in [6.07, 6.45) is 0.